The first kappa shape index (κ1) is 12.1. The van der Waals surface area contributed by atoms with Crippen molar-refractivity contribution in [1.29, 1.82) is 0 Å². The molecule has 0 unspecified atom stereocenters. The van der Waals surface area contributed by atoms with Gasteiger partial charge in [0, 0.05) is 24.2 Å². The first-order valence-corrected chi connectivity index (χ1v) is 4.77. The molecule has 1 rings (SSSR count). The molecule has 0 aliphatic rings. The monoisotopic (exact) mass is 201 g/mol. The molecule has 1 aromatic heterocycles. The quantitative estimate of drug-likeness (QED) is 0.745. The molecule has 2 N–H and O–H groups in total. The molecule has 1 heterocycles. The van der Waals surface area contributed by atoms with Crippen LogP contribution < -0.4 is 5.73 Å². The second-order valence-electron chi connectivity index (χ2n) is 2.37. The van der Waals surface area contributed by atoms with Crippen molar-refractivity contribution in [3.05, 3.63) is 16.5 Å². The van der Waals surface area contributed by atoms with Gasteiger partial charge < -0.3 is 10.5 Å². The van der Waals surface area contributed by atoms with Gasteiger partial charge in [-0.2, -0.15) is 0 Å². The molecule has 3 nitrogen and oxygen atoms in total. The molecule has 0 saturated heterocycles. The fraction of sp³-hybridized carbons (Fsp3) is 0.444. The van der Waals surface area contributed by atoms with Crippen molar-refractivity contribution in [1.82, 2.24) is 0 Å². The summed E-state index contributed by atoms with van der Waals surface area (Å²) in [5, 5.41) is 0.613. The Balaban J connectivity index is 0.000000310. The normalized spacial score (nSPS) is 8.85. The van der Waals surface area contributed by atoms with Crippen LogP contribution in [0.5, 0.6) is 0 Å². The summed E-state index contributed by atoms with van der Waals surface area (Å²) in [5.74, 6) is 0. The Morgan fingerprint density at radius 1 is 1.69 bits per heavy atom. The number of ether oxygens (including phenoxy) is 1. The van der Waals surface area contributed by atoms with E-state index in [1.165, 1.54) is 11.3 Å². The van der Waals surface area contributed by atoms with Crippen molar-refractivity contribution < 1.29 is 9.53 Å². The van der Waals surface area contributed by atoms with Gasteiger partial charge in [-0.05, 0) is 19.9 Å². The number of rotatable bonds is 2. The third-order valence-corrected chi connectivity index (χ3v) is 2.23. The van der Waals surface area contributed by atoms with E-state index in [9.17, 15) is 4.79 Å². The van der Waals surface area contributed by atoms with Crippen LogP contribution in [0, 0.1) is 6.92 Å². The molecule has 0 fully saturated rings. The van der Waals surface area contributed by atoms with Crippen LogP contribution in [0.3, 0.4) is 0 Å². The fourth-order valence-electron chi connectivity index (χ4n) is 0.644. The molecular formula is C9H15NO2S. The highest BCUT2D eigenvalue weighted by Gasteiger charge is 1.99. The van der Waals surface area contributed by atoms with Crippen molar-refractivity contribution >= 4 is 22.6 Å². The Morgan fingerprint density at radius 2 is 2.23 bits per heavy atom. The first-order valence-electron chi connectivity index (χ1n) is 3.95. The Hall–Kier alpha value is -0.870. The average Bonchev–Trinajstić information content (AvgIpc) is 2.45. The van der Waals surface area contributed by atoms with Gasteiger partial charge in [-0.1, -0.05) is 0 Å². The van der Waals surface area contributed by atoms with Crippen LogP contribution in [0.4, 0.5) is 5.00 Å². The zero-order chi connectivity index (χ0) is 10.3. The Labute approximate surface area is 82.5 Å². The van der Waals surface area contributed by atoms with Gasteiger partial charge in [0.15, 0.2) is 6.29 Å². The van der Waals surface area contributed by atoms with Gasteiger partial charge in [-0.15, -0.1) is 11.3 Å². The van der Waals surface area contributed by atoms with Gasteiger partial charge in [-0.25, -0.2) is 0 Å². The highest BCUT2D eigenvalue weighted by atomic mass is 32.1. The lowest BCUT2D eigenvalue weighted by Gasteiger charge is -1.80. The lowest BCUT2D eigenvalue weighted by Crippen LogP contribution is -1.83. The van der Waals surface area contributed by atoms with Crippen LogP contribution in [-0.2, 0) is 4.74 Å². The highest BCUT2D eigenvalue weighted by Crippen LogP contribution is 2.21. The van der Waals surface area contributed by atoms with Crippen LogP contribution in [0.25, 0.3) is 0 Å². The molecule has 0 amide bonds. The minimum Gasteiger partial charge on any atom is -0.390 e. The number of carbonyl (C=O) groups excluding carboxylic acids is 1. The van der Waals surface area contributed by atoms with E-state index in [0.29, 0.717) is 10.6 Å². The summed E-state index contributed by atoms with van der Waals surface area (Å²) in [7, 11) is 1.68. The topological polar surface area (TPSA) is 52.3 Å². The average molecular weight is 201 g/mol. The number of thiophene rings is 1. The van der Waals surface area contributed by atoms with Crippen molar-refractivity contribution in [3.8, 4) is 0 Å². The summed E-state index contributed by atoms with van der Waals surface area (Å²) < 4.78 is 4.54. The summed E-state index contributed by atoms with van der Waals surface area (Å²) in [5.41, 5.74) is 6.05. The van der Waals surface area contributed by atoms with Crippen molar-refractivity contribution in [2.24, 2.45) is 0 Å². The molecule has 0 atom stereocenters. The summed E-state index contributed by atoms with van der Waals surface area (Å²) >= 11 is 1.44. The van der Waals surface area contributed by atoms with E-state index in [1.54, 1.807) is 13.2 Å². The standard InChI is InChI=1S/C6H7NOS.C3H8O/c1-4-2-5(3-8)6(7)9-4;1-3-4-2/h2-3H,7H2,1H3;3H2,1-2H3. The molecule has 1 aromatic rings. The number of nitrogens with two attached hydrogens (primary N) is 1. The second kappa shape index (κ2) is 6.62. The number of aldehydes is 1. The van der Waals surface area contributed by atoms with Crippen LogP contribution in [0.1, 0.15) is 22.2 Å². The molecule has 0 radical (unpaired) electrons. The van der Waals surface area contributed by atoms with Crippen molar-refractivity contribution in [2.75, 3.05) is 19.5 Å². The summed E-state index contributed by atoms with van der Waals surface area (Å²) in [6, 6.07) is 1.78. The van der Waals surface area contributed by atoms with Crippen molar-refractivity contribution in [2.45, 2.75) is 13.8 Å². The number of carbonyl (C=O) groups is 1. The van der Waals surface area contributed by atoms with Crippen LogP contribution in [0.15, 0.2) is 6.07 Å². The molecule has 0 aliphatic carbocycles. The third-order valence-electron chi connectivity index (χ3n) is 1.33. The predicted molar refractivity (Wildman–Crippen MR) is 56.4 cm³/mol. The molecular weight excluding hydrogens is 186 g/mol. The zero-order valence-corrected chi connectivity index (χ0v) is 8.98. The highest BCUT2D eigenvalue weighted by molar-refractivity contribution is 7.16. The second-order valence-corrected chi connectivity index (χ2v) is 3.66. The van der Waals surface area contributed by atoms with Gasteiger partial charge in [0.25, 0.3) is 0 Å². The maximum Gasteiger partial charge on any atom is 0.153 e. The van der Waals surface area contributed by atoms with E-state index in [1.807, 2.05) is 13.8 Å². The molecule has 0 aliphatic heterocycles. The third kappa shape index (κ3) is 4.65. The molecule has 4 heteroatoms. The van der Waals surface area contributed by atoms with E-state index in [-0.39, 0.29) is 0 Å². The van der Waals surface area contributed by atoms with Gasteiger partial charge >= 0.3 is 0 Å². The van der Waals surface area contributed by atoms with Gasteiger partial charge in [0.2, 0.25) is 0 Å². The summed E-state index contributed by atoms with van der Waals surface area (Å²) in [6.45, 7) is 4.70. The van der Waals surface area contributed by atoms with E-state index in [2.05, 4.69) is 4.74 Å². The Morgan fingerprint density at radius 3 is 2.38 bits per heavy atom. The molecule has 0 bridgehead atoms. The molecule has 0 saturated carbocycles. The largest absolute Gasteiger partial charge is 0.390 e. The van der Waals surface area contributed by atoms with Crippen LogP contribution in [-0.4, -0.2) is 20.0 Å². The fourth-order valence-corrected chi connectivity index (χ4v) is 1.40. The Bertz CT molecular complexity index is 256. The maximum atomic E-state index is 10.2. The predicted octanol–water partition coefficient (Wildman–Crippen LogP) is 2.10. The van der Waals surface area contributed by atoms with E-state index in [0.717, 1.165) is 17.8 Å². The zero-order valence-electron chi connectivity index (χ0n) is 8.16. The van der Waals surface area contributed by atoms with Gasteiger partial charge in [0.1, 0.15) is 0 Å². The molecule has 13 heavy (non-hydrogen) atoms. The van der Waals surface area contributed by atoms with Crippen LogP contribution >= 0.6 is 11.3 Å². The van der Waals surface area contributed by atoms with Gasteiger partial charge in [0.05, 0.1) is 5.00 Å². The SMILES string of the molecule is CCOC.Cc1cc(C=O)c(N)s1. The summed E-state index contributed by atoms with van der Waals surface area (Å²) in [6.07, 6.45) is 0.777. The minimum atomic E-state index is 0.609. The van der Waals surface area contributed by atoms with Crippen molar-refractivity contribution in [3.63, 3.8) is 0 Å². The lowest BCUT2D eigenvalue weighted by molar-refractivity contribution is 0.112. The minimum absolute atomic E-state index is 0.609. The maximum absolute atomic E-state index is 10.2. The van der Waals surface area contributed by atoms with Gasteiger partial charge in [-0.3, -0.25) is 4.79 Å². The smallest absolute Gasteiger partial charge is 0.153 e. The summed E-state index contributed by atoms with van der Waals surface area (Å²) in [4.78, 5) is 11.2. The molecule has 74 valence electrons. The number of hydrogen-bond donors (Lipinski definition) is 1. The Kier molecular flexibility index (Phi) is 6.18. The number of hydrogen-bond acceptors (Lipinski definition) is 4. The number of methoxy groups -OCH3 is 1. The van der Waals surface area contributed by atoms with E-state index >= 15 is 0 Å². The number of aryl methyl sites for hydroxylation is 1. The first-order chi connectivity index (χ1) is 6.15. The van der Waals surface area contributed by atoms with E-state index in [4.69, 9.17) is 5.73 Å². The molecule has 0 spiro atoms. The van der Waals surface area contributed by atoms with Crippen LogP contribution in [0.2, 0.25) is 0 Å². The lowest BCUT2D eigenvalue weighted by atomic mass is 10.3. The molecule has 0 aromatic carbocycles. The number of nitrogen functional groups attached to an aromatic ring is 1. The number of anilines is 1. The van der Waals surface area contributed by atoms with E-state index < -0.39 is 0 Å².